The maximum atomic E-state index is 13.1. The highest BCUT2D eigenvalue weighted by atomic mass is 35.5. The van der Waals surface area contributed by atoms with E-state index in [0.717, 1.165) is 0 Å². The first-order chi connectivity index (χ1) is 14.4. The second-order valence-corrected chi connectivity index (χ2v) is 7.71. The quantitative estimate of drug-likeness (QED) is 0.519. The van der Waals surface area contributed by atoms with Crippen LogP contribution in [0.3, 0.4) is 0 Å². The van der Waals surface area contributed by atoms with Crippen molar-refractivity contribution < 1.29 is 19.1 Å². The summed E-state index contributed by atoms with van der Waals surface area (Å²) in [6.45, 7) is 1.51. The second-order valence-electron chi connectivity index (χ2n) is 6.84. The van der Waals surface area contributed by atoms with Gasteiger partial charge < -0.3 is 14.8 Å². The van der Waals surface area contributed by atoms with Crippen molar-refractivity contribution in [2.75, 3.05) is 5.32 Å². The molecular formula is C23H17Cl2NO4. The standard InChI is InChI=1S/C23H17Cl2NO4/c1-13(22(27)26-16-11-14(24)10-15(25)12-16)29-23(28)21-17-6-2-4-8-19(17)30-20-9-5-3-7-18(20)21/h2-13,21H,1H3,(H,26,27). The molecular weight excluding hydrogens is 425 g/mol. The molecule has 1 unspecified atom stereocenters. The van der Waals surface area contributed by atoms with E-state index in [1.54, 1.807) is 30.3 Å². The van der Waals surface area contributed by atoms with Crippen LogP contribution in [0.2, 0.25) is 10.0 Å². The lowest BCUT2D eigenvalue weighted by Crippen LogP contribution is -2.32. The van der Waals surface area contributed by atoms with Gasteiger partial charge in [0, 0.05) is 26.9 Å². The Balaban J connectivity index is 1.54. The molecule has 0 aliphatic carbocycles. The van der Waals surface area contributed by atoms with E-state index in [1.807, 2.05) is 36.4 Å². The van der Waals surface area contributed by atoms with Gasteiger partial charge in [-0.25, -0.2) is 0 Å². The van der Waals surface area contributed by atoms with Gasteiger partial charge in [-0.1, -0.05) is 59.6 Å². The molecule has 5 nitrogen and oxygen atoms in total. The van der Waals surface area contributed by atoms with E-state index < -0.39 is 23.9 Å². The maximum Gasteiger partial charge on any atom is 0.318 e. The summed E-state index contributed by atoms with van der Waals surface area (Å²) in [6.07, 6.45) is -1.03. The van der Waals surface area contributed by atoms with Crippen LogP contribution in [-0.4, -0.2) is 18.0 Å². The third kappa shape index (κ3) is 4.13. The van der Waals surface area contributed by atoms with Crippen LogP contribution in [0.4, 0.5) is 5.69 Å². The predicted molar refractivity (Wildman–Crippen MR) is 115 cm³/mol. The molecule has 4 rings (SSSR count). The minimum atomic E-state index is -1.03. The van der Waals surface area contributed by atoms with E-state index in [2.05, 4.69) is 5.32 Å². The fraction of sp³-hybridized carbons (Fsp3) is 0.130. The molecule has 0 bridgehead atoms. The number of halogens is 2. The Morgan fingerprint density at radius 2 is 1.47 bits per heavy atom. The highest BCUT2D eigenvalue weighted by Gasteiger charge is 2.35. The number of hydrogen-bond acceptors (Lipinski definition) is 4. The van der Waals surface area contributed by atoms with Crippen LogP contribution in [0, 0.1) is 0 Å². The molecule has 7 heteroatoms. The van der Waals surface area contributed by atoms with E-state index in [1.165, 1.54) is 6.92 Å². The number of anilines is 1. The lowest BCUT2D eigenvalue weighted by molar-refractivity contribution is -0.153. The SMILES string of the molecule is CC(OC(=O)C1c2ccccc2Oc2ccccc21)C(=O)Nc1cc(Cl)cc(Cl)c1. The van der Waals surface area contributed by atoms with Crippen LogP contribution < -0.4 is 10.1 Å². The van der Waals surface area contributed by atoms with Crippen molar-refractivity contribution in [1.29, 1.82) is 0 Å². The first kappa shape index (κ1) is 20.3. The second kappa shape index (κ2) is 8.38. The number of amides is 1. The normalized spacial score (nSPS) is 13.4. The van der Waals surface area contributed by atoms with Crippen LogP contribution in [0.15, 0.2) is 66.7 Å². The third-order valence-electron chi connectivity index (χ3n) is 4.71. The summed E-state index contributed by atoms with van der Waals surface area (Å²) in [5, 5.41) is 3.43. The number of carbonyl (C=O) groups excluding carboxylic acids is 2. The van der Waals surface area contributed by atoms with Crippen molar-refractivity contribution in [2.24, 2.45) is 0 Å². The van der Waals surface area contributed by atoms with Crippen molar-refractivity contribution >= 4 is 40.8 Å². The average molecular weight is 442 g/mol. The Kier molecular flexibility index (Phi) is 5.66. The Morgan fingerprint density at radius 3 is 2.03 bits per heavy atom. The van der Waals surface area contributed by atoms with Gasteiger partial charge in [0.1, 0.15) is 17.4 Å². The van der Waals surface area contributed by atoms with Gasteiger partial charge in [0.25, 0.3) is 5.91 Å². The molecule has 0 saturated carbocycles. The summed E-state index contributed by atoms with van der Waals surface area (Å²) in [4.78, 5) is 25.6. The van der Waals surface area contributed by atoms with E-state index in [9.17, 15) is 9.59 Å². The van der Waals surface area contributed by atoms with Crippen LogP contribution in [0.5, 0.6) is 11.5 Å². The Bertz CT molecular complexity index is 1070. The monoisotopic (exact) mass is 441 g/mol. The molecule has 3 aromatic rings. The molecule has 0 fully saturated rings. The third-order valence-corrected chi connectivity index (χ3v) is 5.14. The summed E-state index contributed by atoms with van der Waals surface area (Å²) >= 11 is 11.9. The lowest BCUT2D eigenvalue weighted by Gasteiger charge is -2.27. The van der Waals surface area contributed by atoms with Gasteiger partial charge in [-0.3, -0.25) is 9.59 Å². The van der Waals surface area contributed by atoms with Gasteiger partial charge in [0.2, 0.25) is 0 Å². The topological polar surface area (TPSA) is 64.6 Å². The summed E-state index contributed by atoms with van der Waals surface area (Å²) in [5.41, 5.74) is 1.80. The van der Waals surface area contributed by atoms with Crippen molar-refractivity contribution in [2.45, 2.75) is 18.9 Å². The molecule has 0 spiro atoms. The zero-order valence-corrected chi connectivity index (χ0v) is 17.4. The van der Waals surface area contributed by atoms with Gasteiger partial charge in [-0.05, 0) is 37.3 Å². The van der Waals surface area contributed by atoms with Crippen molar-refractivity contribution in [3.05, 3.63) is 87.9 Å². The van der Waals surface area contributed by atoms with E-state index >= 15 is 0 Å². The molecule has 152 valence electrons. The fourth-order valence-corrected chi connectivity index (χ4v) is 3.86. The predicted octanol–water partition coefficient (Wildman–Crippen LogP) is 5.80. The zero-order chi connectivity index (χ0) is 21.3. The molecule has 0 radical (unpaired) electrons. The molecule has 1 atom stereocenters. The summed E-state index contributed by atoms with van der Waals surface area (Å²) in [7, 11) is 0. The number of esters is 1. The maximum absolute atomic E-state index is 13.1. The number of benzene rings is 3. The fourth-order valence-electron chi connectivity index (χ4n) is 3.33. The van der Waals surface area contributed by atoms with Crippen molar-refractivity contribution in [3.63, 3.8) is 0 Å². The number of carbonyl (C=O) groups is 2. The summed E-state index contributed by atoms with van der Waals surface area (Å²) in [5.74, 6) is -0.546. The Morgan fingerprint density at radius 1 is 0.933 bits per heavy atom. The Hall–Kier alpha value is -3.02. The number of hydrogen-bond donors (Lipinski definition) is 1. The zero-order valence-electron chi connectivity index (χ0n) is 15.9. The largest absolute Gasteiger partial charge is 0.457 e. The van der Waals surface area contributed by atoms with E-state index in [4.69, 9.17) is 32.7 Å². The minimum Gasteiger partial charge on any atom is -0.457 e. The van der Waals surface area contributed by atoms with Gasteiger partial charge >= 0.3 is 5.97 Å². The average Bonchev–Trinajstić information content (AvgIpc) is 2.71. The number of rotatable bonds is 4. The molecule has 0 saturated heterocycles. The molecule has 1 heterocycles. The van der Waals surface area contributed by atoms with Crippen molar-refractivity contribution in [3.8, 4) is 11.5 Å². The molecule has 1 aliphatic rings. The van der Waals surface area contributed by atoms with E-state index in [0.29, 0.717) is 38.4 Å². The van der Waals surface area contributed by atoms with Crippen LogP contribution in [0.1, 0.15) is 24.0 Å². The molecule has 3 aromatic carbocycles. The van der Waals surface area contributed by atoms with Crippen LogP contribution >= 0.6 is 23.2 Å². The molecule has 0 aromatic heterocycles. The minimum absolute atomic E-state index is 0.387. The number of fused-ring (bicyclic) bond motifs is 2. The first-order valence-electron chi connectivity index (χ1n) is 9.25. The Labute approximate surface area is 183 Å². The van der Waals surface area contributed by atoms with E-state index in [-0.39, 0.29) is 0 Å². The number of para-hydroxylation sites is 2. The number of ether oxygens (including phenoxy) is 2. The molecule has 1 amide bonds. The first-order valence-corrected chi connectivity index (χ1v) is 10.0. The molecule has 30 heavy (non-hydrogen) atoms. The lowest BCUT2D eigenvalue weighted by atomic mass is 9.88. The van der Waals surface area contributed by atoms with Crippen LogP contribution in [0.25, 0.3) is 0 Å². The van der Waals surface area contributed by atoms with Crippen molar-refractivity contribution in [1.82, 2.24) is 0 Å². The smallest absolute Gasteiger partial charge is 0.318 e. The highest BCUT2D eigenvalue weighted by Crippen LogP contribution is 2.44. The number of nitrogens with one attached hydrogen (secondary N) is 1. The van der Waals surface area contributed by atoms with Gasteiger partial charge in [0.15, 0.2) is 6.10 Å². The summed E-state index contributed by atoms with van der Waals surface area (Å²) < 4.78 is 11.4. The van der Waals surface area contributed by atoms with Gasteiger partial charge in [0.05, 0.1) is 0 Å². The molecule has 1 N–H and O–H groups in total. The highest BCUT2D eigenvalue weighted by molar-refractivity contribution is 6.35. The summed E-state index contributed by atoms with van der Waals surface area (Å²) in [6, 6.07) is 19.2. The van der Waals surface area contributed by atoms with Gasteiger partial charge in [-0.15, -0.1) is 0 Å². The van der Waals surface area contributed by atoms with Gasteiger partial charge in [-0.2, -0.15) is 0 Å². The molecule has 1 aliphatic heterocycles. The van der Waals surface area contributed by atoms with Crippen LogP contribution in [-0.2, 0) is 14.3 Å².